The molecule has 0 aromatic heterocycles. The fourth-order valence-electron chi connectivity index (χ4n) is 3.29. The molecule has 2 aromatic carbocycles. The first-order chi connectivity index (χ1) is 12.0. The van der Waals surface area contributed by atoms with Crippen molar-refractivity contribution in [1.82, 2.24) is 4.90 Å². The second-order valence-corrected chi connectivity index (χ2v) is 6.40. The van der Waals surface area contributed by atoms with Gasteiger partial charge >= 0.3 is 6.18 Å². The van der Waals surface area contributed by atoms with Crippen LogP contribution in [0.4, 0.5) is 13.2 Å². The number of likely N-dealkylation sites (tertiary alicyclic amines) is 1. The van der Waals surface area contributed by atoms with Gasteiger partial charge in [-0.2, -0.15) is 13.2 Å². The molecule has 3 rings (SSSR count). The van der Waals surface area contributed by atoms with Crippen LogP contribution in [-0.4, -0.2) is 31.6 Å². The molecule has 134 valence electrons. The van der Waals surface area contributed by atoms with Crippen LogP contribution in [0.2, 0.25) is 0 Å². The van der Waals surface area contributed by atoms with Gasteiger partial charge in [-0.25, -0.2) is 0 Å². The molecule has 1 aliphatic heterocycles. The van der Waals surface area contributed by atoms with Crippen LogP contribution in [0.15, 0.2) is 42.5 Å². The molecule has 1 saturated heterocycles. The van der Waals surface area contributed by atoms with E-state index >= 15 is 0 Å². The number of hydrogen-bond acceptors (Lipinski definition) is 2. The molecule has 0 spiro atoms. The van der Waals surface area contributed by atoms with Gasteiger partial charge in [0.1, 0.15) is 5.75 Å². The summed E-state index contributed by atoms with van der Waals surface area (Å²) in [6.07, 6.45) is -0.928. The van der Waals surface area contributed by atoms with Crippen molar-refractivity contribution >= 4 is 0 Å². The number of rotatable bonds is 5. The molecule has 0 radical (unpaired) electrons. The lowest BCUT2D eigenvalue weighted by Crippen LogP contribution is -2.22. The molecule has 0 N–H and O–H groups in total. The summed E-state index contributed by atoms with van der Waals surface area (Å²) in [5.74, 6) is 0.829. The molecule has 2 nitrogen and oxygen atoms in total. The highest BCUT2D eigenvalue weighted by Crippen LogP contribution is 2.32. The van der Waals surface area contributed by atoms with Gasteiger partial charge in [-0.15, -0.1) is 0 Å². The molecular weight excluding hydrogens is 327 g/mol. The van der Waals surface area contributed by atoms with Gasteiger partial charge in [0.25, 0.3) is 0 Å². The van der Waals surface area contributed by atoms with E-state index in [1.807, 2.05) is 18.2 Å². The van der Waals surface area contributed by atoms with Crippen molar-refractivity contribution in [3.05, 3.63) is 53.6 Å². The van der Waals surface area contributed by atoms with Crippen LogP contribution in [-0.2, 0) is 12.6 Å². The van der Waals surface area contributed by atoms with Crippen LogP contribution in [0.3, 0.4) is 0 Å². The molecule has 0 amide bonds. The number of ether oxygens (including phenoxy) is 1. The lowest BCUT2D eigenvalue weighted by molar-refractivity contribution is -0.137. The third kappa shape index (κ3) is 4.34. The van der Waals surface area contributed by atoms with Crippen LogP contribution in [0.5, 0.6) is 5.75 Å². The lowest BCUT2D eigenvalue weighted by Gasteiger charge is -2.16. The Kier molecular flexibility index (Phi) is 5.33. The monoisotopic (exact) mass is 349 g/mol. The number of methoxy groups -OCH3 is 1. The number of nitrogens with zero attached hydrogens (tertiary/aromatic N) is 1. The van der Waals surface area contributed by atoms with Crippen molar-refractivity contribution in [3.8, 4) is 16.9 Å². The van der Waals surface area contributed by atoms with Gasteiger partial charge in [0.05, 0.1) is 12.7 Å². The third-order valence-electron chi connectivity index (χ3n) is 4.72. The second kappa shape index (κ2) is 7.48. The summed E-state index contributed by atoms with van der Waals surface area (Å²) in [4.78, 5) is 2.43. The molecule has 2 aromatic rings. The molecule has 1 aliphatic rings. The van der Waals surface area contributed by atoms with Gasteiger partial charge < -0.3 is 9.64 Å². The molecule has 0 saturated carbocycles. The summed E-state index contributed by atoms with van der Waals surface area (Å²) in [5, 5.41) is 0. The van der Waals surface area contributed by atoms with E-state index in [1.165, 1.54) is 25.0 Å². The smallest absolute Gasteiger partial charge is 0.416 e. The average Bonchev–Trinajstić information content (AvgIpc) is 3.12. The maximum absolute atomic E-state index is 12.7. The first-order valence-electron chi connectivity index (χ1n) is 8.54. The molecule has 1 fully saturated rings. The van der Waals surface area contributed by atoms with Crippen molar-refractivity contribution in [2.24, 2.45) is 0 Å². The van der Waals surface area contributed by atoms with E-state index in [4.69, 9.17) is 4.74 Å². The minimum atomic E-state index is -4.31. The second-order valence-electron chi connectivity index (χ2n) is 6.40. The van der Waals surface area contributed by atoms with Gasteiger partial charge in [0.15, 0.2) is 0 Å². The zero-order valence-corrected chi connectivity index (χ0v) is 14.3. The van der Waals surface area contributed by atoms with Gasteiger partial charge in [0, 0.05) is 6.54 Å². The maximum Gasteiger partial charge on any atom is 0.416 e. The Labute approximate surface area is 146 Å². The highest BCUT2D eigenvalue weighted by Gasteiger charge is 2.30. The van der Waals surface area contributed by atoms with Crippen LogP contribution < -0.4 is 4.74 Å². The fourth-order valence-corrected chi connectivity index (χ4v) is 3.29. The average molecular weight is 349 g/mol. The normalized spacial score (nSPS) is 15.5. The predicted octanol–water partition coefficient (Wildman–Crippen LogP) is 5.02. The summed E-state index contributed by atoms with van der Waals surface area (Å²) in [6.45, 7) is 3.26. The number of halogens is 3. The zero-order chi connectivity index (χ0) is 17.9. The molecule has 0 unspecified atom stereocenters. The topological polar surface area (TPSA) is 12.5 Å². The van der Waals surface area contributed by atoms with Crippen LogP contribution >= 0.6 is 0 Å². The minimum Gasteiger partial charge on any atom is -0.496 e. The quantitative estimate of drug-likeness (QED) is 0.751. The standard InChI is InChI=1S/C20H22F3NO/c1-25-19-9-6-16(14-17(19)10-13-24-11-2-3-12-24)15-4-7-18(8-5-15)20(21,22)23/h4-9,14H,2-3,10-13H2,1H3. The maximum atomic E-state index is 12.7. The Morgan fingerprint density at radius 1 is 0.960 bits per heavy atom. The molecule has 0 aliphatic carbocycles. The highest BCUT2D eigenvalue weighted by molar-refractivity contribution is 5.66. The van der Waals surface area contributed by atoms with E-state index < -0.39 is 11.7 Å². The van der Waals surface area contributed by atoms with Gasteiger partial charge in [-0.1, -0.05) is 18.2 Å². The largest absolute Gasteiger partial charge is 0.496 e. The Balaban J connectivity index is 1.80. The summed E-state index contributed by atoms with van der Waals surface area (Å²) in [5.41, 5.74) is 2.15. The molecule has 25 heavy (non-hydrogen) atoms. The number of hydrogen-bond donors (Lipinski definition) is 0. The summed E-state index contributed by atoms with van der Waals surface area (Å²) < 4.78 is 43.6. The molecule has 5 heteroatoms. The van der Waals surface area contributed by atoms with Crippen molar-refractivity contribution in [3.63, 3.8) is 0 Å². The number of benzene rings is 2. The van der Waals surface area contributed by atoms with Gasteiger partial charge in [0.2, 0.25) is 0 Å². The van der Waals surface area contributed by atoms with Crippen LogP contribution in [0.25, 0.3) is 11.1 Å². The van der Waals surface area contributed by atoms with Crippen molar-refractivity contribution in [2.45, 2.75) is 25.4 Å². The first-order valence-corrected chi connectivity index (χ1v) is 8.54. The Morgan fingerprint density at radius 2 is 1.60 bits per heavy atom. The van der Waals surface area contributed by atoms with Crippen molar-refractivity contribution in [1.29, 1.82) is 0 Å². The fraction of sp³-hybridized carbons (Fsp3) is 0.400. The first kappa shape index (κ1) is 17.8. The Bertz CT molecular complexity index is 704. The van der Waals surface area contributed by atoms with Gasteiger partial charge in [-0.05, 0) is 73.3 Å². The van der Waals surface area contributed by atoms with Crippen molar-refractivity contribution < 1.29 is 17.9 Å². The van der Waals surface area contributed by atoms with E-state index in [9.17, 15) is 13.2 Å². The van der Waals surface area contributed by atoms with Crippen LogP contribution in [0, 0.1) is 0 Å². The Morgan fingerprint density at radius 3 is 2.20 bits per heavy atom. The molecule has 0 bridgehead atoms. The third-order valence-corrected chi connectivity index (χ3v) is 4.72. The van der Waals surface area contributed by atoms with E-state index in [1.54, 1.807) is 7.11 Å². The summed E-state index contributed by atoms with van der Waals surface area (Å²) >= 11 is 0. The minimum absolute atomic E-state index is 0.626. The zero-order valence-electron chi connectivity index (χ0n) is 14.3. The van der Waals surface area contributed by atoms with E-state index in [2.05, 4.69) is 4.90 Å². The molecular formula is C20H22F3NO. The van der Waals surface area contributed by atoms with Crippen LogP contribution in [0.1, 0.15) is 24.0 Å². The molecule has 0 atom stereocenters. The van der Waals surface area contributed by atoms with E-state index in [0.29, 0.717) is 0 Å². The Hall–Kier alpha value is -2.01. The van der Waals surface area contributed by atoms with Gasteiger partial charge in [-0.3, -0.25) is 0 Å². The SMILES string of the molecule is COc1ccc(-c2ccc(C(F)(F)F)cc2)cc1CCN1CCCC1. The highest BCUT2D eigenvalue weighted by atomic mass is 19.4. The van der Waals surface area contributed by atoms with E-state index in [-0.39, 0.29) is 0 Å². The predicted molar refractivity (Wildman–Crippen MR) is 92.8 cm³/mol. The number of alkyl halides is 3. The summed E-state index contributed by atoms with van der Waals surface area (Å²) in [6, 6.07) is 11.1. The molecule has 1 heterocycles. The van der Waals surface area contributed by atoms with E-state index in [0.717, 1.165) is 60.6 Å². The summed E-state index contributed by atoms with van der Waals surface area (Å²) in [7, 11) is 1.65. The lowest BCUT2D eigenvalue weighted by atomic mass is 9.99. The van der Waals surface area contributed by atoms with Crippen molar-refractivity contribution in [2.75, 3.05) is 26.7 Å².